The predicted octanol–water partition coefficient (Wildman–Crippen LogP) is 3.33. The van der Waals surface area contributed by atoms with Gasteiger partial charge in [-0.3, -0.25) is 4.79 Å². The van der Waals surface area contributed by atoms with Crippen LogP contribution >= 0.6 is 0 Å². The van der Waals surface area contributed by atoms with Gasteiger partial charge in [0.15, 0.2) is 0 Å². The maximum Gasteiger partial charge on any atom is 0.308 e. The van der Waals surface area contributed by atoms with Crippen LogP contribution in [0, 0.1) is 0 Å². The number of carbonyl (C=O) groups excluding carboxylic acids is 1. The van der Waals surface area contributed by atoms with Crippen LogP contribution in [-0.4, -0.2) is 5.97 Å². The lowest BCUT2D eigenvalue weighted by molar-refractivity contribution is -0.131. The number of carbonyl (C=O) groups is 1. The highest BCUT2D eigenvalue weighted by Crippen LogP contribution is 2.22. The molecule has 2 rings (SSSR count). The molecule has 2 heteroatoms. The van der Waals surface area contributed by atoms with E-state index in [1.807, 2.05) is 18.2 Å². The van der Waals surface area contributed by atoms with Crippen LogP contribution in [0.15, 0.2) is 36.4 Å². The van der Waals surface area contributed by atoms with Gasteiger partial charge in [-0.05, 0) is 34.9 Å². The van der Waals surface area contributed by atoms with Gasteiger partial charge in [-0.2, -0.15) is 0 Å². The summed E-state index contributed by atoms with van der Waals surface area (Å²) in [5.74, 6) is 0.319. The molecule has 0 aliphatic rings. The summed E-state index contributed by atoms with van der Waals surface area (Å²) in [5, 5.41) is 2.27. The lowest BCUT2D eigenvalue weighted by Crippen LogP contribution is -2.00. The van der Waals surface area contributed by atoms with E-state index in [-0.39, 0.29) is 5.97 Å². The zero-order valence-electron chi connectivity index (χ0n) is 9.49. The normalized spacial score (nSPS) is 10.4. The monoisotopic (exact) mass is 214 g/mol. The number of rotatable bonds is 2. The topological polar surface area (TPSA) is 26.3 Å². The zero-order chi connectivity index (χ0) is 11.5. The van der Waals surface area contributed by atoms with Gasteiger partial charge in [-0.15, -0.1) is 0 Å². The van der Waals surface area contributed by atoms with E-state index in [0.29, 0.717) is 5.75 Å². The smallest absolute Gasteiger partial charge is 0.308 e. The summed E-state index contributed by atoms with van der Waals surface area (Å²) in [7, 11) is 0. The summed E-state index contributed by atoms with van der Waals surface area (Å²) in [6, 6.07) is 12.0. The summed E-state index contributed by atoms with van der Waals surface area (Å²) < 4.78 is 5.06. The van der Waals surface area contributed by atoms with E-state index in [1.54, 1.807) is 0 Å². The van der Waals surface area contributed by atoms with Crippen molar-refractivity contribution in [1.29, 1.82) is 0 Å². The maximum absolute atomic E-state index is 10.9. The van der Waals surface area contributed by atoms with Gasteiger partial charge in [0.1, 0.15) is 5.75 Å². The molecule has 0 amide bonds. The molecule has 16 heavy (non-hydrogen) atoms. The summed E-state index contributed by atoms with van der Waals surface area (Å²) in [6.07, 6.45) is 1.01. The first-order valence-electron chi connectivity index (χ1n) is 5.40. The van der Waals surface area contributed by atoms with Gasteiger partial charge in [0.2, 0.25) is 0 Å². The third-order valence-electron chi connectivity index (χ3n) is 2.55. The highest BCUT2D eigenvalue weighted by Gasteiger charge is 2.00. The molecule has 82 valence electrons. The molecule has 0 bridgehead atoms. The van der Waals surface area contributed by atoms with Crippen molar-refractivity contribution < 1.29 is 9.53 Å². The molecule has 0 unspecified atom stereocenters. The van der Waals surface area contributed by atoms with E-state index in [1.165, 1.54) is 12.5 Å². The van der Waals surface area contributed by atoms with Crippen LogP contribution < -0.4 is 4.74 Å². The average Bonchev–Trinajstić information content (AvgIpc) is 2.27. The van der Waals surface area contributed by atoms with Gasteiger partial charge in [-0.25, -0.2) is 0 Å². The second kappa shape index (κ2) is 4.35. The van der Waals surface area contributed by atoms with Gasteiger partial charge in [0.25, 0.3) is 0 Å². The van der Waals surface area contributed by atoms with Crippen LogP contribution in [0.25, 0.3) is 10.8 Å². The first-order chi connectivity index (χ1) is 7.69. The average molecular weight is 214 g/mol. The number of esters is 1. The van der Waals surface area contributed by atoms with Crippen molar-refractivity contribution in [3.63, 3.8) is 0 Å². The van der Waals surface area contributed by atoms with E-state index in [0.717, 1.165) is 17.2 Å². The van der Waals surface area contributed by atoms with Crippen LogP contribution in [0.5, 0.6) is 5.75 Å². The van der Waals surface area contributed by atoms with Crippen molar-refractivity contribution in [1.82, 2.24) is 0 Å². The van der Waals surface area contributed by atoms with E-state index >= 15 is 0 Å². The number of benzene rings is 2. The number of hydrogen-bond acceptors (Lipinski definition) is 2. The molecule has 0 saturated heterocycles. The second-order valence-electron chi connectivity index (χ2n) is 3.79. The first kappa shape index (κ1) is 10.7. The molecular formula is C14H14O2. The fourth-order valence-electron chi connectivity index (χ4n) is 1.72. The van der Waals surface area contributed by atoms with Crippen molar-refractivity contribution in [3.05, 3.63) is 42.0 Å². The third kappa shape index (κ3) is 2.22. The Morgan fingerprint density at radius 3 is 2.56 bits per heavy atom. The lowest BCUT2D eigenvalue weighted by atomic mass is 10.1. The van der Waals surface area contributed by atoms with Gasteiger partial charge in [0.05, 0.1) is 0 Å². The minimum absolute atomic E-state index is 0.286. The number of fused-ring (bicyclic) bond motifs is 1. The number of aryl methyl sites for hydroxylation is 1. The van der Waals surface area contributed by atoms with E-state index in [9.17, 15) is 4.79 Å². The summed E-state index contributed by atoms with van der Waals surface area (Å²) >= 11 is 0. The first-order valence-corrected chi connectivity index (χ1v) is 5.40. The van der Waals surface area contributed by atoms with Crippen LogP contribution in [0.3, 0.4) is 0 Å². The number of hydrogen-bond donors (Lipinski definition) is 0. The minimum atomic E-state index is -0.286. The minimum Gasteiger partial charge on any atom is -0.427 e. The highest BCUT2D eigenvalue weighted by atomic mass is 16.5. The molecular weight excluding hydrogens is 200 g/mol. The van der Waals surface area contributed by atoms with Gasteiger partial charge < -0.3 is 4.74 Å². The Hall–Kier alpha value is -1.83. The lowest BCUT2D eigenvalue weighted by Gasteiger charge is -2.04. The fraction of sp³-hybridized carbons (Fsp3) is 0.214. The molecule has 0 aliphatic carbocycles. The van der Waals surface area contributed by atoms with Crippen molar-refractivity contribution in [3.8, 4) is 5.75 Å². The van der Waals surface area contributed by atoms with E-state index in [2.05, 4.69) is 25.1 Å². The largest absolute Gasteiger partial charge is 0.427 e. The van der Waals surface area contributed by atoms with Gasteiger partial charge in [0, 0.05) is 6.92 Å². The molecule has 0 atom stereocenters. The Morgan fingerprint density at radius 1 is 1.12 bits per heavy atom. The molecule has 0 aliphatic heterocycles. The summed E-state index contributed by atoms with van der Waals surface area (Å²) in [6.45, 7) is 3.53. The maximum atomic E-state index is 10.9. The Bertz CT molecular complexity index is 529. The fourth-order valence-corrected chi connectivity index (χ4v) is 1.72. The molecule has 0 fully saturated rings. The second-order valence-corrected chi connectivity index (χ2v) is 3.79. The quantitative estimate of drug-likeness (QED) is 0.566. The van der Waals surface area contributed by atoms with E-state index in [4.69, 9.17) is 4.74 Å². The summed E-state index contributed by atoms with van der Waals surface area (Å²) in [5.41, 5.74) is 1.28. The molecule has 0 radical (unpaired) electrons. The Kier molecular flexibility index (Phi) is 2.91. The number of ether oxygens (including phenoxy) is 1. The Balaban J connectivity index is 2.46. The zero-order valence-corrected chi connectivity index (χ0v) is 9.49. The molecule has 2 nitrogen and oxygen atoms in total. The van der Waals surface area contributed by atoms with Crippen LogP contribution in [-0.2, 0) is 11.2 Å². The highest BCUT2D eigenvalue weighted by molar-refractivity contribution is 5.85. The molecule has 0 spiro atoms. The van der Waals surface area contributed by atoms with E-state index < -0.39 is 0 Å². The van der Waals surface area contributed by atoms with Gasteiger partial charge >= 0.3 is 5.97 Å². The Labute approximate surface area is 94.8 Å². The molecule has 0 heterocycles. The van der Waals surface area contributed by atoms with Gasteiger partial charge in [-0.1, -0.05) is 31.2 Å². The molecule has 2 aromatic carbocycles. The molecule has 0 N–H and O–H groups in total. The van der Waals surface area contributed by atoms with Crippen molar-refractivity contribution in [2.24, 2.45) is 0 Å². The predicted molar refractivity (Wildman–Crippen MR) is 64.6 cm³/mol. The molecule has 0 saturated carbocycles. The van der Waals surface area contributed by atoms with Crippen LogP contribution in [0.4, 0.5) is 0 Å². The standard InChI is InChI=1S/C14H14O2/c1-3-11-4-5-12-6-7-14(16-10(2)15)9-13(12)8-11/h4-9H,3H2,1-2H3. The van der Waals surface area contributed by atoms with Crippen molar-refractivity contribution >= 4 is 16.7 Å². The molecule has 2 aromatic rings. The third-order valence-corrected chi connectivity index (χ3v) is 2.55. The van der Waals surface area contributed by atoms with Crippen molar-refractivity contribution in [2.75, 3.05) is 0 Å². The SMILES string of the molecule is CCc1ccc2ccc(OC(C)=O)cc2c1. The van der Waals surface area contributed by atoms with Crippen LogP contribution in [0.2, 0.25) is 0 Å². The Morgan fingerprint density at radius 2 is 1.88 bits per heavy atom. The van der Waals surface area contributed by atoms with Crippen LogP contribution in [0.1, 0.15) is 19.4 Å². The molecule has 0 aromatic heterocycles. The van der Waals surface area contributed by atoms with Crippen molar-refractivity contribution in [2.45, 2.75) is 20.3 Å². The summed E-state index contributed by atoms with van der Waals surface area (Å²) in [4.78, 5) is 10.9.